The van der Waals surface area contributed by atoms with Crippen molar-refractivity contribution >= 4 is 5.69 Å². The quantitative estimate of drug-likeness (QED) is 0.863. The summed E-state index contributed by atoms with van der Waals surface area (Å²) in [5.74, 6) is 0.449. The molecule has 0 unspecified atom stereocenters. The van der Waals surface area contributed by atoms with Crippen LogP contribution in [0.2, 0.25) is 0 Å². The molecule has 0 spiro atoms. The van der Waals surface area contributed by atoms with E-state index in [1.807, 2.05) is 13.8 Å². The normalized spacial score (nSPS) is 9.12. The predicted octanol–water partition coefficient (Wildman–Crippen LogP) is 3.62. The molecule has 1 aromatic carbocycles. The maximum atomic E-state index is 12.8. The first-order chi connectivity index (χ1) is 8.24. The number of halogens is 1. The molecule has 1 heterocycles. The number of aromatic nitrogens is 1. The van der Waals surface area contributed by atoms with Crippen molar-refractivity contribution in [3.05, 3.63) is 48.4 Å². The van der Waals surface area contributed by atoms with Crippen LogP contribution < -0.4 is 10.5 Å². The van der Waals surface area contributed by atoms with E-state index >= 15 is 0 Å². The molecule has 2 rings (SSSR count). The van der Waals surface area contributed by atoms with Gasteiger partial charge in [0.15, 0.2) is 0 Å². The average Bonchev–Trinajstić information content (AvgIpc) is 2.35. The van der Waals surface area contributed by atoms with Crippen LogP contribution in [-0.2, 0) is 0 Å². The number of nitrogens with zero attached hydrogens (tertiary/aromatic N) is 1. The Morgan fingerprint density at radius 3 is 2.53 bits per heavy atom. The molecule has 0 atom stereocenters. The third-order valence-corrected chi connectivity index (χ3v) is 1.78. The van der Waals surface area contributed by atoms with Gasteiger partial charge in [0.2, 0.25) is 5.88 Å². The first-order valence-corrected chi connectivity index (χ1v) is 5.39. The van der Waals surface area contributed by atoms with Crippen LogP contribution in [0.1, 0.15) is 13.8 Å². The molecule has 0 fully saturated rings. The maximum absolute atomic E-state index is 12.8. The van der Waals surface area contributed by atoms with E-state index in [9.17, 15) is 4.39 Å². The Labute approximate surface area is 100 Å². The molecule has 17 heavy (non-hydrogen) atoms. The molecule has 2 aromatic rings. The fourth-order valence-corrected chi connectivity index (χ4v) is 1.10. The number of pyridine rings is 1. The molecule has 2 N–H and O–H groups in total. The van der Waals surface area contributed by atoms with E-state index in [1.54, 1.807) is 24.3 Å². The summed E-state index contributed by atoms with van der Waals surface area (Å²) < 4.78 is 18.1. The lowest BCUT2D eigenvalue weighted by Crippen LogP contribution is -1.90. The van der Waals surface area contributed by atoms with Crippen LogP contribution in [0.15, 0.2) is 42.6 Å². The SMILES string of the molecule is CC.Nc1ccc(Oc2cccc(F)c2)nc1. The summed E-state index contributed by atoms with van der Waals surface area (Å²) in [7, 11) is 0. The van der Waals surface area contributed by atoms with Gasteiger partial charge in [0.25, 0.3) is 0 Å². The van der Waals surface area contributed by atoms with Crippen molar-refractivity contribution in [1.29, 1.82) is 0 Å². The number of anilines is 1. The number of nitrogen functional groups attached to an aromatic ring is 1. The Morgan fingerprint density at radius 2 is 1.94 bits per heavy atom. The van der Waals surface area contributed by atoms with Crippen molar-refractivity contribution < 1.29 is 9.13 Å². The molecule has 90 valence electrons. The zero-order valence-electron chi connectivity index (χ0n) is 9.85. The Hall–Kier alpha value is -2.10. The van der Waals surface area contributed by atoms with Gasteiger partial charge in [-0.15, -0.1) is 0 Å². The number of hydrogen-bond donors (Lipinski definition) is 1. The molecular weight excluding hydrogens is 219 g/mol. The second-order valence-corrected chi connectivity index (χ2v) is 2.99. The second kappa shape index (κ2) is 6.48. The highest BCUT2D eigenvalue weighted by atomic mass is 19.1. The van der Waals surface area contributed by atoms with Crippen LogP contribution in [0.5, 0.6) is 11.6 Å². The fourth-order valence-electron chi connectivity index (χ4n) is 1.10. The molecule has 0 amide bonds. The predicted molar refractivity (Wildman–Crippen MR) is 66.5 cm³/mol. The number of nitrogens with two attached hydrogens (primary N) is 1. The minimum absolute atomic E-state index is 0.344. The summed E-state index contributed by atoms with van der Waals surface area (Å²) in [6.07, 6.45) is 1.48. The van der Waals surface area contributed by atoms with Gasteiger partial charge in [0.1, 0.15) is 11.6 Å². The Bertz CT molecular complexity index is 457. The van der Waals surface area contributed by atoms with Crippen molar-refractivity contribution in [1.82, 2.24) is 4.98 Å². The van der Waals surface area contributed by atoms with Crippen molar-refractivity contribution in [2.24, 2.45) is 0 Å². The van der Waals surface area contributed by atoms with Crippen molar-refractivity contribution in [3.8, 4) is 11.6 Å². The highest BCUT2D eigenvalue weighted by Crippen LogP contribution is 2.20. The smallest absolute Gasteiger partial charge is 0.219 e. The average molecular weight is 234 g/mol. The molecule has 0 aliphatic carbocycles. The molecule has 4 heteroatoms. The Kier molecular flexibility index (Phi) is 4.94. The van der Waals surface area contributed by atoms with Crippen LogP contribution in [0, 0.1) is 5.82 Å². The van der Waals surface area contributed by atoms with E-state index in [2.05, 4.69) is 4.98 Å². The van der Waals surface area contributed by atoms with E-state index in [4.69, 9.17) is 10.5 Å². The first kappa shape index (κ1) is 13.0. The zero-order chi connectivity index (χ0) is 12.7. The van der Waals surface area contributed by atoms with Gasteiger partial charge in [0, 0.05) is 12.1 Å². The molecule has 0 radical (unpaired) electrons. The highest BCUT2D eigenvalue weighted by Gasteiger charge is 1.99. The summed E-state index contributed by atoms with van der Waals surface area (Å²) >= 11 is 0. The third kappa shape index (κ3) is 4.10. The lowest BCUT2D eigenvalue weighted by atomic mass is 10.3. The van der Waals surface area contributed by atoms with Crippen LogP contribution in [0.25, 0.3) is 0 Å². The van der Waals surface area contributed by atoms with Gasteiger partial charge >= 0.3 is 0 Å². The van der Waals surface area contributed by atoms with Gasteiger partial charge in [-0.2, -0.15) is 0 Å². The largest absolute Gasteiger partial charge is 0.439 e. The van der Waals surface area contributed by atoms with Crippen molar-refractivity contribution in [2.45, 2.75) is 13.8 Å². The summed E-state index contributed by atoms with van der Waals surface area (Å²) in [5.41, 5.74) is 6.02. The molecule has 0 aliphatic heterocycles. The van der Waals surface area contributed by atoms with Crippen LogP contribution in [-0.4, -0.2) is 4.98 Å². The van der Waals surface area contributed by atoms with Gasteiger partial charge in [-0.05, 0) is 18.2 Å². The van der Waals surface area contributed by atoms with Crippen LogP contribution in [0.4, 0.5) is 10.1 Å². The van der Waals surface area contributed by atoms with Crippen LogP contribution >= 0.6 is 0 Å². The Morgan fingerprint density at radius 1 is 1.18 bits per heavy atom. The van der Waals surface area contributed by atoms with Gasteiger partial charge < -0.3 is 10.5 Å². The number of ether oxygens (including phenoxy) is 1. The molecule has 0 saturated carbocycles. The second-order valence-electron chi connectivity index (χ2n) is 2.99. The van der Waals surface area contributed by atoms with Gasteiger partial charge in [-0.1, -0.05) is 19.9 Å². The minimum Gasteiger partial charge on any atom is -0.439 e. The van der Waals surface area contributed by atoms with Crippen molar-refractivity contribution in [2.75, 3.05) is 5.73 Å². The third-order valence-electron chi connectivity index (χ3n) is 1.78. The lowest BCUT2D eigenvalue weighted by Gasteiger charge is -2.04. The highest BCUT2D eigenvalue weighted by molar-refractivity contribution is 5.37. The van der Waals surface area contributed by atoms with E-state index in [-0.39, 0.29) is 5.82 Å². The lowest BCUT2D eigenvalue weighted by molar-refractivity contribution is 0.458. The Balaban J connectivity index is 0.000000686. The molecule has 0 aliphatic rings. The number of rotatable bonds is 2. The van der Waals surface area contributed by atoms with E-state index in [0.29, 0.717) is 17.3 Å². The van der Waals surface area contributed by atoms with Gasteiger partial charge in [-0.25, -0.2) is 9.37 Å². The minimum atomic E-state index is -0.344. The van der Waals surface area contributed by atoms with E-state index in [0.717, 1.165) is 0 Å². The maximum Gasteiger partial charge on any atom is 0.219 e. The van der Waals surface area contributed by atoms with E-state index in [1.165, 1.54) is 18.3 Å². The topological polar surface area (TPSA) is 48.1 Å². The summed E-state index contributed by atoms with van der Waals surface area (Å²) in [6, 6.07) is 9.16. The number of benzene rings is 1. The van der Waals surface area contributed by atoms with Gasteiger partial charge in [-0.3, -0.25) is 0 Å². The van der Waals surface area contributed by atoms with Gasteiger partial charge in [0.05, 0.1) is 11.9 Å². The molecule has 3 nitrogen and oxygen atoms in total. The molecule has 0 bridgehead atoms. The summed E-state index contributed by atoms with van der Waals surface area (Å²) in [6.45, 7) is 4.00. The molecule has 1 aromatic heterocycles. The molecular formula is C13H15FN2O. The standard InChI is InChI=1S/C11H9FN2O.C2H6/c12-8-2-1-3-10(6-8)15-11-5-4-9(13)7-14-11;1-2/h1-7H,13H2;1-2H3. The fraction of sp³-hybridized carbons (Fsp3) is 0.154. The number of hydrogen-bond acceptors (Lipinski definition) is 3. The van der Waals surface area contributed by atoms with Crippen LogP contribution in [0.3, 0.4) is 0 Å². The summed E-state index contributed by atoms with van der Waals surface area (Å²) in [5, 5.41) is 0. The first-order valence-electron chi connectivity index (χ1n) is 5.39. The van der Waals surface area contributed by atoms with E-state index < -0.39 is 0 Å². The molecule has 0 saturated heterocycles. The monoisotopic (exact) mass is 234 g/mol. The summed E-state index contributed by atoms with van der Waals surface area (Å²) in [4.78, 5) is 3.93. The zero-order valence-corrected chi connectivity index (χ0v) is 9.85. The van der Waals surface area contributed by atoms with Crippen molar-refractivity contribution in [3.63, 3.8) is 0 Å².